The minimum absolute atomic E-state index is 0.510. The molecule has 112 valence electrons. The zero-order valence-corrected chi connectivity index (χ0v) is 12.3. The number of rotatable bonds is 7. The Balaban J connectivity index is 2.04. The second-order valence-electron chi connectivity index (χ2n) is 5.55. The topological polar surface area (TPSA) is 66.5 Å². The molecule has 1 aliphatic carbocycles. The molecule has 1 unspecified atom stereocenters. The van der Waals surface area contributed by atoms with Crippen LogP contribution in [0.25, 0.3) is 0 Å². The lowest BCUT2D eigenvalue weighted by molar-refractivity contribution is -0.138. The van der Waals surface area contributed by atoms with Gasteiger partial charge in [-0.2, -0.15) is 0 Å². The Morgan fingerprint density at radius 2 is 2.14 bits per heavy atom. The minimum Gasteiger partial charge on any atom is -0.349 e. The molecule has 2 rings (SSSR count). The molecular weight excluding hydrogens is 268 g/mol. The van der Waals surface area contributed by atoms with Crippen molar-refractivity contribution in [3.05, 3.63) is 29.8 Å². The maximum Gasteiger partial charge on any atom is 0.289 e. The molecule has 2 amide bonds. The van der Waals surface area contributed by atoms with Crippen LogP contribution in [0.3, 0.4) is 0 Å². The smallest absolute Gasteiger partial charge is 0.289 e. The van der Waals surface area contributed by atoms with Gasteiger partial charge in [-0.15, -0.1) is 0 Å². The van der Waals surface area contributed by atoms with Gasteiger partial charge in [-0.25, -0.2) is 0 Å². The highest BCUT2D eigenvalue weighted by molar-refractivity contribution is 6.39. The number of anilines is 1. The molecule has 0 heterocycles. The predicted molar refractivity (Wildman–Crippen MR) is 79.9 cm³/mol. The zero-order chi connectivity index (χ0) is 15.4. The summed E-state index contributed by atoms with van der Waals surface area (Å²) >= 11 is 0. The van der Waals surface area contributed by atoms with Crippen LogP contribution in [0.15, 0.2) is 24.3 Å². The summed E-state index contributed by atoms with van der Waals surface area (Å²) in [6.45, 7) is 4.01. The Morgan fingerprint density at radius 3 is 2.71 bits per heavy atom. The highest BCUT2D eigenvalue weighted by Crippen LogP contribution is 2.27. The van der Waals surface area contributed by atoms with Gasteiger partial charge in [0.15, 0.2) is 0 Å². The fourth-order valence-corrected chi connectivity index (χ4v) is 2.13. The number of benzene rings is 1. The molecule has 1 aromatic rings. The second-order valence-corrected chi connectivity index (χ2v) is 5.55. The molecule has 21 heavy (non-hydrogen) atoms. The molecule has 1 saturated carbocycles. The van der Waals surface area contributed by atoms with E-state index >= 15 is 0 Å². The number of ketones is 1. The van der Waals surface area contributed by atoms with Crippen LogP contribution in [0.4, 0.5) is 5.69 Å². The van der Waals surface area contributed by atoms with Crippen LogP contribution in [-0.4, -0.2) is 30.7 Å². The van der Waals surface area contributed by atoms with E-state index in [0.717, 1.165) is 18.4 Å². The number of aryl methyl sites for hydroxylation is 1. The van der Waals surface area contributed by atoms with Gasteiger partial charge in [-0.3, -0.25) is 14.4 Å². The van der Waals surface area contributed by atoms with Gasteiger partial charge in [-0.05, 0) is 50.3 Å². The average molecular weight is 288 g/mol. The van der Waals surface area contributed by atoms with Crippen LogP contribution >= 0.6 is 0 Å². The molecule has 0 bridgehead atoms. The van der Waals surface area contributed by atoms with E-state index in [1.807, 2.05) is 19.1 Å². The summed E-state index contributed by atoms with van der Waals surface area (Å²) < 4.78 is 0. The summed E-state index contributed by atoms with van der Waals surface area (Å²) in [6, 6.07) is 6.45. The van der Waals surface area contributed by atoms with Gasteiger partial charge in [0.25, 0.3) is 5.91 Å². The lowest BCUT2D eigenvalue weighted by Gasteiger charge is -2.24. The van der Waals surface area contributed by atoms with Crippen molar-refractivity contribution in [3.8, 4) is 0 Å². The van der Waals surface area contributed by atoms with Gasteiger partial charge in [0.1, 0.15) is 6.04 Å². The molecule has 1 aromatic carbocycles. The Hall–Kier alpha value is -2.17. The Labute approximate surface area is 124 Å². The second kappa shape index (κ2) is 6.52. The van der Waals surface area contributed by atoms with Crippen molar-refractivity contribution in [1.29, 1.82) is 0 Å². The molecule has 0 aromatic heterocycles. The third-order valence-electron chi connectivity index (χ3n) is 3.68. The minimum atomic E-state index is -0.816. The maximum atomic E-state index is 12.1. The van der Waals surface area contributed by atoms with Gasteiger partial charge in [0.2, 0.25) is 12.2 Å². The number of hydrogen-bond donors (Lipinski definition) is 1. The van der Waals surface area contributed by atoms with Gasteiger partial charge >= 0.3 is 0 Å². The van der Waals surface area contributed by atoms with E-state index in [-0.39, 0.29) is 0 Å². The van der Waals surface area contributed by atoms with Crippen molar-refractivity contribution in [2.24, 2.45) is 5.92 Å². The normalized spacial score (nSPS) is 15.1. The Bertz CT molecular complexity index is 552. The van der Waals surface area contributed by atoms with E-state index in [1.165, 1.54) is 4.90 Å². The number of hydrogen-bond acceptors (Lipinski definition) is 3. The molecule has 0 radical (unpaired) electrons. The number of amides is 2. The quantitative estimate of drug-likeness (QED) is 0.610. The monoisotopic (exact) mass is 288 g/mol. The van der Waals surface area contributed by atoms with Crippen LogP contribution in [0, 0.1) is 12.8 Å². The molecular formula is C16H20N2O3. The highest BCUT2D eigenvalue weighted by atomic mass is 16.2. The summed E-state index contributed by atoms with van der Waals surface area (Å²) in [6.07, 6.45) is 2.80. The zero-order valence-electron chi connectivity index (χ0n) is 12.3. The van der Waals surface area contributed by atoms with E-state index in [1.54, 1.807) is 19.1 Å². The molecule has 5 nitrogen and oxygen atoms in total. The van der Waals surface area contributed by atoms with Gasteiger partial charge in [0.05, 0.1) is 0 Å². The van der Waals surface area contributed by atoms with E-state index < -0.39 is 17.7 Å². The maximum absolute atomic E-state index is 12.1. The van der Waals surface area contributed by atoms with Gasteiger partial charge < -0.3 is 10.2 Å². The largest absolute Gasteiger partial charge is 0.349 e. The standard InChI is InChI=1S/C16H20N2O3/c1-11-4-3-5-14(8-11)18(10-19)12(2)15(20)16(21)17-9-13-6-7-13/h3-5,8,10,12-13H,6-7,9H2,1-2H3,(H,17,21). The number of nitrogens with zero attached hydrogens (tertiary/aromatic N) is 1. The fraction of sp³-hybridized carbons (Fsp3) is 0.438. The van der Waals surface area contributed by atoms with Crippen molar-refractivity contribution >= 4 is 23.8 Å². The molecule has 1 fully saturated rings. The highest BCUT2D eigenvalue weighted by Gasteiger charge is 2.29. The Morgan fingerprint density at radius 1 is 1.43 bits per heavy atom. The van der Waals surface area contributed by atoms with Gasteiger partial charge in [0, 0.05) is 12.2 Å². The van der Waals surface area contributed by atoms with E-state index in [0.29, 0.717) is 24.6 Å². The summed E-state index contributed by atoms with van der Waals surface area (Å²) in [5.74, 6) is -0.700. The van der Waals surface area contributed by atoms with Crippen LogP contribution < -0.4 is 10.2 Å². The van der Waals surface area contributed by atoms with Crippen molar-refractivity contribution in [2.45, 2.75) is 32.7 Å². The van der Waals surface area contributed by atoms with Crippen molar-refractivity contribution in [1.82, 2.24) is 5.32 Å². The molecule has 1 aliphatic rings. The lowest BCUT2D eigenvalue weighted by Crippen LogP contribution is -2.46. The first-order valence-electron chi connectivity index (χ1n) is 7.15. The third kappa shape index (κ3) is 3.90. The first-order chi connectivity index (χ1) is 10.0. The number of carbonyl (C=O) groups is 3. The van der Waals surface area contributed by atoms with Crippen LogP contribution in [0.2, 0.25) is 0 Å². The fourth-order valence-electron chi connectivity index (χ4n) is 2.13. The third-order valence-corrected chi connectivity index (χ3v) is 3.68. The summed E-state index contributed by atoms with van der Waals surface area (Å²) in [7, 11) is 0. The van der Waals surface area contributed by atoms with Crippen molar-refractivity contribution < 1.29 is 14.4 Å². The SMILES string of the molecule is Cc1cccc(N(C=O)C(C)C(=O)C(=O)NCC2CC2)c1. The molecule has 1 N–H and O–H groups in total. The Kier molecular flexibility index (Phi) is 4.73. The predicted octanol–water partition coefficient (Wildman–Crippen LogP) is 1.44. The molecule has 0 saturated heterocycles. The average Bonchev–Trinajstić information content (AvgIpc) is 3.29. The first-order valence-corrected chi connectivity index (χ1v) is 7.15. The lowest BCUT2D eigenvalue weighted by atomic mass is 10.1. The number of nitrogens with one attached hydrogen (secondary N) is 1. The molecule has 5 heteroatoms. The van der Waals surface area contributed by atoms with E-state index in [4.69, 9.17) is 0 Å². The number of Topliss-reactive ketones (excluding diaryl/α,β-unsaturated/α-hetero) is 1. The van der Waals surface area contributed by atoms with Crippen LogP contribution in [0.5, 0.6) is 0 Å². The molecule has 1 atom stereocenters. The van der Waals surface area contributed by atoms with Gasteiger partial charge in [-0.1, -0.05) is 12.1 Å². The van der Waals surface area contributed by atoms with E-state index in [9.17, 15) is 14.4 Å². The van der Waals surface area contributed by atoms with Crippen molar-refractivity contribution in [3.63, 3.8) is 0 Å². The molecule has 0 aliphatic heterocycles. The number of carbonyl (C=O) groups excluding carboxylic acids is 3. The first kappa shape index (κ1) is 15.2. The summed E-state index contributed by atoms with van der Waals surface area (Å²) in [5, 5.41) is 2.64. The van der Waals surface area contributed by atoms with Crippen LogP contribution in [0.1, 0.15) is 25.3 Å². The molecule has 0 spiro atoms. The van der Waals surface area contributed by atoms with Crippen LogP contribution in [-0.2, 0) is 14.4 Å². The van der Waals surface area contributed by atoms with Crippen molar-refractivity contribution in [2.75, 3.05) is 11.4 Å². The van der Waals surface area contributed by atoms with E-state index in [2.05, 4.69) is 5.32 Å². The summed E-state index contributed by atoms with van der Waals surface area (Å²) in [4.78, 5) is 36.5. The summed E-state index contributed by atoms with van der Waals surface area (Å²) in [5.41, 5.74) is 1.60.